The summed E-state index contributed by atoms with van der Waals surface area (Å²) in [6, 6.07) is 8.28. The summed E-state index contributed by atoms with van der Waals surface area (Å²) in [5, 5.41) is 0. The molecular weight excluding hydrogens is 346 g/mol. The van der Waals surface area contributed by atoms with Crippen LogP contribution in [0.15, 0.2) is 53.2 Å². The topological polar surface area (TPSA) is 12.5 Å². The average molecular weight is 364 g/mol. The Bertz CT molecular complexity index is 633. The summed E-state index contributed by atoms with van der Waals surface area (Å²) in [7, 11) is 4.21. The van der Waals surface area contributed by atoms with Crippen LogP contribution in [0.25, 0.3) is 5.57 Å². The molecule has 2 aliphatic rings. The molecule has 0 spiro atoms. The summed E-state index contributed by atoms with van der Waals surface area (Å²) in [6.07, 6.45) is 7.56. The van der Waals surface area contributed by atoms with Crippen molar-refractivity contribution in [2.75, 3.05) is 20.6 Å². The van der Waals surface area contributed by atoms with Crippen LogP contribution in [0.1, 0.15) is 12.0 Å². The van der Waals surface area contributed by atoms with Crippen LogP contribution in [0.3, 0.4) is 0 Å². The maximum absolute atomic E-state index is 6.04. The Morgan fingerprint density at radius 2 is 2.14 bits per heavy atom. The molecule has 0 saturated carbocycles. The summed E-state index contributed by atoms with van der Waals surface area (Å²) in [5.74, 6) is 1.91. The first-order valence-corrected chi connectivity index (χ1v) is 8.80. The molecule has 21 heavy (non-hydrogen) atoms. The van der Waals surface area contributed by atoms with E-state index in [2.05, 4.69) is 65.3 Å². The number of hydrogen-bond donors (Lipinski definition) is 0. The van der Waals surface area contributed by atoms with Gasteiger partial charge in [0.05, 0.1) is 9.06 Å². The van der Waals surface area contributed by atoms with Gasteiger partial charge in [-0.25, -0.2) is 0 Å². The maximum atomic E-state index is 6.04. The lowest BCUT2D eigenvalue weighted by molar-refractivity contribution is 0.417. The van der Waals surface area contributed by atoms with Crippen molar-refractivity contribution in [3.05, 3.63) is 58.7 Å². The third kappa shape index (κ3) is 3.28. The average Bonchev–Trinajstić information content (AvgIpc) is 2.46. The van der Waals surface area contributed by atoms with Crippen molar-refractivity contribution in [1.82, 2.24) is 4.90 Å². The van der Waals surface area contributed by atoms with Crippen LogP contribution in [-0.4, -0.2) is 29.7 Å². The molecule has 0 amide bonds. The molecule has 1 unspecified atom stereocenters. The van der Waals surface area contributed by atoms with Crippen molar-refractivity contribution >= 4 is 33.3 Å². The molecular formula is C17H18BrNOS. The van der Waals surface area contributed by atoms with Crippen molar-refractivity contribution < 1.29 is 4.74 Å². The Morgan fingerprint density at radius 1 is 1.33 bits per heavy atom. The van der Waals surface area contributed by atoms with Crippen LogP contribution >= 0.6 is 27.7 Å². The zero-order valence-corrected chi connectivity index (χ0v) is 14.6. The number of benzene rings is 1. The van der Waals surface area contributed by atoms with Crippen molar-refractivity contribution in [3.8, 4) is 5.75 Å². The van der Waals surface area contributed by atoms with Gasteiger partial charge in [0.1, 0.15) is 11.5 Å². The van der Waals surface area contributed by atoms with Gasteiger partial charge in [-0.15, -0.1) is 11.8 Å². The SMILES string of the molecule is CN(C)CCC=C1C2=C(C=CC(Br)S2)Oc2ccccc21. The van der Waals surface area contributed by atoms with Gasteiger partial charge >= 0.3 is 0 Å². The summed E-state index contributed by atoms with van der Waals surface area (Å²) >= 11 is 5.46. The molecule has 0 aliphatic carbocycles. The van der Waals surface area contributed by atoms with E-state index >= 15 is 0 Å². The van der Waals surface area contributed by atoms with E-state index in [0.717, 1.165) is 24.5 Å². The number of rotatable bonds is 3. The zero-order chi connectivity index (χ0) is 14.8. The standard InChI is InChI=1S/C17H18BrNOS/c1-19(2)11-5-7-13-12-6-3-4-8-14(12)20-15-9-10-16(18)21-17(13)15/h3-4,6-10,16H,5,11H2,1-2H3. The second-order valence-electron chi connectivity index (χ2n) is 5.33. The van der Waals surface area contributed by atoms with E-state index < -0.39 is 0 Å². The molecule has 2 heterocycles. The molecule has 0 radical (unpaired) electrons. The second-order valence-corrected chi connectivity index (χ2v) is 8.07. The van der Waals surface area contributed by atoms with Gasteiger partial charge in [-0.1, -0.05) is 46.3 Å². The Kier molecular flexibility index (Phi) is 4.57. The van der Waals surface area contributed by atoms with Gasteiger partial charge in [0.2, 0.25) is 0 Å². The Morgan fingerprint density at radius 3 is 2.95 bits per heavy atom. The van der Waals surface area contributed by atoms with E-state index in [-0.39, 0.29) is 0 Å². The number of ether oxygens (including phenoxy) is 1. The summed E-state index contributed by atoms with van der Waals surface area (Å²) in [5.41, 5.74) is 2.49. The fourth-order valence-electron chi connectivity index (χ4n) is 2.41. The lowest BCUT2D eigenvalue weighted by Crippen LogP contribution is -2.13. The van der Waals surface area contributed by atoms with Gasteiger partial charge in [0, 0.05) is 12.1 Å². The minimum absolute atomic E-state index is 0.308. The van der Waals surface area contributed by atoms with Gasteiger partial charge < -0.3 is 9.64 Å². The Balaban J connectivity index is 1.99. The van der Waals surface area contributed by atoms with E-state index in [1.54, 1.807) is 11.8 Å². The van der Waals surface area contributed by atoms with Crippen molar-refractivity contribution in [2.24, 2.45) is 0 Å². The predicted molar refractivity (Wildman–Crippen MR) is 94.7 cm³/mol. The lowest BCUT2D eigenvalue weighted by atomic mass is 10.00. The van der Waals surface area contributed by atoms with Crippen molar-refractivity contribution in [3.63, 3.8) is 0 Å². The third-order valence-electron chi connectivity index (χ3n) is 3.42. The normalized spacial score (nSPS) is 22.3. The van der Waals surface area contributed by atoms with Crippen LogP contribution in [0.5, 0.6) is 5.75 Å². The minimum Gasteiger partial charge on any atom is -0.456 e. The molecule has 2 aliphatic heterocycles. The van der Waals surface area contributed by atoms with E-state index in [1.165, 1.54) is 16.0 Å². The molecule has 1 atom stereocenters. The monoisotopic (exact) mass is 363 g/mol. The van der Waals surface area contributed by atoms with E-state index in [1.807, 2.05) is 12.1 Å². The highest BCUT2D eigenvalue weighted by atomic mass is 79.9. The Hall–Kier alpha value is -0.970. The second kappa shape index (κ2) is 6.42. The van der Waals surface area contributed by atoms with Gasteiger partial charge in [-0.2, -0.15) is 0 Å². The first kappa shape index (κ1) is 14.9. The highest BCUT2D eigenvalue weighted by Crippen LogP contribution is 2.48. The molecule has 0 aromatic heterocycles. The predicted octanol–water partition coefficient (Wildman–Crippen LogP) is 4.65. The maximum Gasteiger partial charge on any atom is 0.141 e. The highest BCUT2D eigenvalue weighted by Gasteiger charge is 2.27. The van der Waals surface area contributed by atoms with E-state index in [0.29, 0.717) is 4.16 Å². The molecule has 110 valence electrons. The Labute approximate surface area is 138 Å². The number of hydrogen-bond acceptors (Lipinski definition) is 3. The molecule has 3 rings (SSSR count). The molecule has 0 saturated heterocycles. The van der Waals surface area contributed by atoms with Gasteiger partial charge in [-0.3, -0.25) is 0 Å². The largest absolute Gasteiger partial charge is 0.456 e. The first-order chi connectivity index (χ1) is 10.1. The summed E-state index contributed by atoms with van der Waals surface area (Å²) < 4.78 is 6.35. The molecule has 2 nitrogen and oxygen atoms in total. The smallest absolute Gasteiger partial charge is 0.141 e. The summed E-state index contributed by atoms with van der Waals surface area (Å²) in [4.78, 5) is 3.44. The fourth-order valence-corrected chi connectivity index (χ4v) is 4.06. The number of alkyl halides is 1. The number of halogens is 1. The molecule has 0 fully saturated rings. The fraction of sp³-hybridized carbons (Fsp3) is 0.294. The summed E-state index contributed by atoms with van der Waals surface area (Å²) in [6.45, 7) is 1.05. The number of nitrogens with zero attached hydrogens (tertiary/aromatic N) is 1. The molecule has 1 aromatic carbocycles. The third-order valence-corrected chi connectivity index (χ3v) is 5.32. The van der Waals surface area contributed by atoms with Crippen LogP contribution in [0.2, 0.25) is 0 Å². The quantitative estimate of drug-likeness (QED) is 0.725. The number of allylic oxidation sites excluding steroid dienone is 2. The minimum atomic E-state index is 0.308. The zero-order valence-electron chi connectivity index (χ0n) is 12.2. The van der Waals surface area contributed by atoms with Gasteiger partial charge in [0.25, 0.3) is 0 Å². The van der Waals surface area contributed by atoms with Crippen LogP contribution in [0.4, 0.5) is 0 Å². The number of para-hydroxylation sites is 1. The van der Waals surface area contributed by atoms with E-state index in [9.17, 15) is 0 Å². The van der Waals surface area contributed by atoms with Crippen LogP contribution in [0, 0.1) is 0 Å². The first-order valence-electron chi connectivity index (χ1n) is 7.01. The molecule has 4 heteroatoms. The highest BCUT2D eigenvalue weighted by molar-refractivity contribution is 9.11. The van der Waals surface area contributed by atoms with Gasteiger partial charge in [-0.05, 0) is 38.2 Å². The van der Waals surface area contributed by atoms with Crippen molar-refractivity contribution in [1.29, 1.82) is 0 Å². The molecule has 0 N–H and O–H groups in total. The molecule has 0 bridgehead atoms. The molecule has 1 aromatic rings. The number of thioether (sulfide) groups is 1. The van der Waals surface area contributed by atoms with E-state index in [4.69, 9.17) is 4.74 Å². The lowest BCUT2D eigenvalue weighted by Gasteiger charge is -2.27. The van der Waals surface area contributed by atoms with Gasteiger partial charge in [0.15, 0.2) is 0 Å². The van der Waals surface area contributed by atoms with Crippen LogP contribution < -0.4 is 4.74 Å². The van der Waals surface area contributed by atoms with Crippen LogP contribution in [-0.2, 0) is 0 Å². The number of fused-ring (bicyclic) bond motifs is 1. The van der Waals surface area contributed by atoms with Crippen molar-refractivity contribution in [2.45, 2.75) is 10.6 Å².